The Morgan fingerprint density at radius 2 is 1.92 bits per heavy atom. The summed E-state index contributed by atoms with van der Waals surface area (Å²) in [4.78, 5) is 7.36. The molecule has 0 aliphatic heterocycles. The summed E-state index contributed by atoms with van der Waals surface area (Å²) in [5.74, 6) is 0.907. The molecule has 0 radical (unpaired) electrons. The summed E-state index contributed by atoms with van der Waals surface area (Å²) in [5, 5.41) is 7.46. The SMILES string of the molecule is CCS(=O)(=O)CCNC(=NC)NCCc1c[nH]c2ccccc12.I. The Bertz CT molecular complexity index is 771. The number of benzene rings is 1. The van der Waals surface area contributed by atoms with Gasteiger partial charge in [-0.1, -0.05) is 25.1 Å². The van der Waals surface area contributed by atoms with Crippen molar-refractivity contribution in [2.24, 2.45) is 4.99 Å². The lowest BCUT2D eigenvalue weighted by molar-refractivity contribution is 0.595. The van der Waals surface area contributed by atoms with Gasteiger partial charge in [0.15, 0.2) is 15.8 Å². The second kappa shape index (κ2) is 9.87. The number of sulfone groups is 1. The smallest absolute Gasteiger partial charge is 0.191 e. The summed E-state index contributed by atoms with van der Waals surface area (Å²) in [6, 6.07) is 8.20. The van der Waals surface area contributed by atoms with Crippen LogP contribution in [0.5, 0.6) is 0 Å². The lowest BCUT2D eigenvalue weighted by Crippen LogP contribution is -2.40. The molecule has 8 heteroatoms. The maximum atomic E-state index is 11.5. The average Bonchev–Trinajstić information content (AvgIpc) is 2.96. The number of aliphatic imine (C=N–C) groups is 1. The first-order valence-electron chi connectivity index (χ1n) is 7.75. The normalized spacial score (nSPS) is 12.0. The molecular formula is C16H25IN4O2S. The van der Waals surface area contributed by atoms with E-state index in [1.165, 1.54) is 10.9 Å². The third-order valence-electron chi connectivity index (χ3n) is 3.73. The Morgan fingerprint density at radius 3 is 2.62 bits per heavy atom. The van der Waals surface area contributed by atoms with Gasteiger partial charge in [-0.05, 0) is 18.1 Å². The number of aromatic nitrogens is 1. The average molecular weight is 464 g/mol. The molecular weight excluding hydrogens is 439 g/mol. The van der Waals surface area contributed by atoms with E-state index in [4.69, 9.17) is 0 Å². The number of nitrogens with one attached hydrogen (secondary N) is 3. The summed E-state index contributed by atoms with van der Waals surface area (Å²) < 4.78 is 22.9. The van der Waals surface area contributed by atoms with E-state index in [1.54, 1.807) is 14.0 Å². The van der Waals surface area contributed by atoms with E-state index in [1.807, 2.05) is 18.3 Å². The van der Waals surface area contributed by atoms with E-state index in [9.17, 15) is 8.42 Å². The summed E-state index contributed by atoms with van der Waals surface area (Å²) in [7, 11) is -1.28. The minimum absolute atomic E-state index is 0. The van der Waals surface area contributed by atoms with Crippen molar-refractivity contribution in [3.05, 3.63) is 36.0 Å². The fourth-order valence-corrected chi connectivity index (χ4v) is 3.05. The highest BCUT2D eigenvalue weighted by molar-refractivity contribution is 14.0. The van der Waals surface area contributed by atoms with Crippen LogP contribution >= 0.6 is 24.0 Å². The number of hydrogen-bond acceptors (Lipinski definition) is 3. The quantitative estimate of drug-likeness (QED) is 0.332. The van der Waals surface area contributed by atoms with Gasteiger partial charge in [0.2, 0.25) is 0 Å². The van der Waals surface area contributed by atoms with Gasteiger partial charge in [-0.25, -0.2) is 8.42 Å². The standard InChI is InChI=1S/C16H24N4O2S.HI/c1-3-23(21,22)11-10-19-16(17-2)18-9-8-13-12-20-15-7-5-4-6-14(13)15;/h4-7,12,20H,3,8-11H2,1-2H3,(H2,17,18,19);1H. The Kier molecular flexibility index (Phi) is 8.54. The molecule has 0 bridgehead atoms. The van der Waals surface area contributed by atoms with Crippen molar-refractivity contribution < 1.29 is 8.42 Å². The van der Waals surface area contributed by atoms with Crippen LogP contribution in [0, 0.1) is 0 Å². The highest BCUT2D eigenvalue weighted by Gasteiger charge is 2.07. The lowest BCUT2D eigenvalue weighted by atomic mass is 10.1. The zero-order valence-electron chi connectivity index (χ0n) is 14.0. The molecule has 0 aliphatic carbocycles. The van der Waals surface area contributed by atoms with Crippen molar-refractivity contribution in [2.45, 2.75) is 13.3 Å². The van der Waals surface area contributed by atoms with E-state index in [2.05, 4.69) is 32.7 Å². The second-order valence-electron chi connectivity index (χ2n) is 5.27. The first-order valence-corrected chi connectivity index (χ1v) is 9.58. The molecule has 1 aromatic heterocycles. The number of aromatic amines is 1. The van der Waals surface area contributed by atoms with Gasteiger partial charge in [0, 0.05) is 43.0 Å². The van der Waals surface area contributed by atoms with Crippen molar-refractivity contribution in [3.63, 3.8) is 0 Å². The Morgan fingerprint density at radius 1 is 1.21 bits per heavy atom. The predicted octanol–water partition coefficient (Wildman–Crippen LogP) is 1.93. The molecule has 3 N–H and O–H groups in total. The van der Waals surface area contributed by atoms with Gasteiger partial charge in [0.25, 0.3) is 0 Å². The molecule has 24 heavy (non-hydrogen) atoms. The largest absolute Gasteiger partial charge is 0.361 e. The van der Waals surface area contributed by atoms with Crippen molar-refractivity contribution in [3.8, 4) is 0 Å². The monoisotopic (exact) mass is 464 g/mol. The number of para-hydroxylation sites is 1. The number of nitrogens with zero attached hydrogens (tertiary/aromatic N) is 1. The van der Waals surface area contributed by atoms with E-state index in [0.29, 0.717) is 12.5 Å². The Labute approximate surface area is 160 Å². The minimum atomic E-state index is -2.95. The fourth-order valence-electron chi connectivity index (χ4n) is 2.34. The van der Waals surface area contributed by atoms with Gasteiger partial charge in [-0.15, -0.1) is 24.0 Å². The molecule has 0 saturated heterocycles. The van der Waals surface area contributed by atoms with Crippen LogP contribution in [-0.2, 0) is 16.3 Å². The first-order chi connectivity index (χ1) is 11.1. The van der Waals surface area contributed by atoms with Gasteiger partial charge in [-0.2, -0.15) is 0 Å². The molecule has 1 heterocycles. The minimum Gasteiger partial charge on any atom is -0.361 e. The number of rotatable bonds is 7. The molecule has 134 valence electrons. The van der Waals surface area contributed by atoms with Crippen LogP contribution in [0.3, 0.4) is 0 Å². The van der Waals surface area contributed by atoms with Crippen molar-refractivity contribution >= 4 is 50.7 Å². The fraction of sp³-hybridized carbons (Fsp3) is 0.438. The molecule has 0 fully saturated rings. The zero-order chi connectivity index (χ0) is 16.7. The molecule has 0 amide bonds. The summed E-state index contributed by atoms with van der Waals surface area (Å²) in [6.07, 6.45) is 2.88. The van der Waals surface area contributed by atoms with Gasteiger partial charge >= 0.3 is 0 Å². The van der Waals surface area contributed by atoms with E-state index < -0.39 is 9.84 Å². The maximum absolute atomic E-state index is 11.5. The van der Waals surface area contributed by atoms with Crippen LogP contribution in [-0.4, -0.2) is 51.0 Å². The summed E-state index contributed by atoms with van der Waals surface area (Å²) >= 11 is 0. The van der Waals surface area contributed by atoms with Crippen LogP contribution in [0.25, 0.3) is 10.9 Å². The van der Waals surface area contributed by atoms with Gasteiger partial charge < -0.3 is 15.6 Å². The van der Waals surface area contributed by atoms with E-state index in [-0.39, 0.29) is 35.5 Å². The molecule has 0 unspecified atom stereocenters. The number of H-pyrrole nitrogens is 1. The molecule has 2 rings (SSSR count). The third-order valence-corrected chi connectivity index (χ3v) is 5.44. The predicted molar refractivity (Wildman–Crippen MR) is 111 cm³/mol. The van der Waals surface area contributed by atoms with E-state index in [0.717, 1.165) is 18.5 Å². The van der Waals surface area contributed by atoms with Gasteiger partial charge in [0.1, 0.15) is 0 Å². The van der Waals surface area contributed by atoms with Crippen LogP contribution in [0.2, 0.25) is 0 Å². The van der Waals surface area contributed by atoms with Crippen molar-refractivity contribution in [1.82, 2.24) is 15.6 Å². The second-order valence-corrected chi connectivity index (χ2v) is 7.74. The number of hydrogen-bond donors (Lipinski definition) is 3. The third kappa shape index (κ3) is 5.97. The zero-order valence-corrected chi connectivity index (χ0v) is 17.1. The Hall–Kier alpha value is -1.29. The molecule has 1 aromatic carbocycles. The van der Waals surface area contributed by atoms with Crippen LogP contribution in [0.15, 0.2) is 35.5 Å². The Balaban J connectivity index is 0.00000288. The van der Waals surface area contributed by atoms with Crippen molar-refractivity contribution in [1.29, 1.82) is 0 Å². The molecule has 0 aliphatic rings. The number of guanidine groups is 1. The van der Waals surface area contributed by atoms with Crippen LogP contribution < -0.4 is 10.6 Å². The first kappa shape index (κ1) is 20.8. The van der Waals surface area contributed by atoms with E-state index >= 15 is 0 Å². The summed E-state index contributed by atoms with van der Waals surface area (Å²) in [6.45, 7) is 2.74. The number of halogens is 1. The highest BCUT2D eigenvalue weighted by atomic mass is 127. The van der Waals surface area contributed by atoms with Crippen LogP contribution in [0.1, 0.15) is 12.5 Å². The van der Waals surface area contributed by atoms with Gasteiger partial charge in [0.05, 0.1) is 5.75 Å². The molecule has 0 atom stereocenters. The van der Waals surface area contributed by atoms with Gasteiger partial charge in [-0.3, -0.25) is 4.99 Å². The van der Waals surface area contributed by atoms with Crippen LogP contribution in [0.4, 0.5) is 0 Å². The lowest BCUT2D eigenvalue weighted by Gasteiger charge is -2.11. The number of fused-ring (bicyclic) bond motifs is 1. The van der Waals surface area contributed by atoms with Crippen molar-refractivity contribution in [2.75, 3.05) is 31.6 Å². The topological polar surface area (TPSA) is 86.3 Å². The maximum Gasteiger partial charge on any atom is 0.191 e. The molecule has 2 aromatic rings. The highest BCUT2D eigenvalue weighted by Crippen LogP contribution is 2.17. The molecule has 6 nitrogen and oxygen atoms in total. The molecule has 0 spiro atoms. The summed E-state index contributed by atoms with van der Waals surface area (Å²) in [5.41, 5.74) is 2.38. The molecule has 0 saturated carbocycles.